The SMILES string of the molecule is C1=CC(c2cccc(-n3c4ccccc4c4c5c6ccccc6n6c7ccccc7nc6c5ccc43)n2)=CCC1. The second kappa shape index (κ2) is 8.14. The van der Waals surface area contributed by atoms with E-state index in [0.717, 1.165) is 57.5 Å². The first-order valence-corrected chi connectivity index (χ1v) is 13.8. The summed E-state index contributed by atoms with van der Waals surface area (Å²) in [5.41, 5.74) is 8.80. The van der Waals surface area contributed by atoms with Crippen molar-refractivity contribution in [1.82, 2.24) is 18.9 Å². The Kier molecular flexibility index (Phi) is 4.41. The second-order valence-electron chi connectivity index (χ2n) is 10.5. The van der Waals surface area contributed by atoms with Gasteiger partial charge in [-0.3, -0.25) is 8.97 Å². The molecule has 40 heavy (non-hydrogen) atoms. The molecule has 9 rings (SSSR count). The van der Waals surface area contributed by atoms with Gasteiger partial charge in [-0.2, -0.15) is 0 Å². The summed E-state index contributed by atoms with van der Waals surface area (Å²) in [4.78, 5) is 10.3. The first-order chi connectivity index (χ1) is 19.9. The van der Waals surface area contributed by atoms with Crippen LogP contribution in [0.3, 0.4) is 0 Å². The maximum atomic E-state index is 5.19. The van der Waals surface area contributed by atoms with Crippen LogP contribution in [0.5, 0.6) is 0 Å². The molecule has 1 aliphatic carbocycles. The number of aromatic nitrogens is 4. The molecule has 1 aliphatic rings. The molecular weight excluding hydrogens is 488 g/mol. The van der Waals surface area contributed by atoms with E-state index in [2.05, 4.69) is 130 Å². The van der Waals surface area contributed by atoms with Gasteiger partial charge in [-0.25, -0.2) is 9.97 Å². The first kappa shape index (κ1) is 21.7. The van der Waals surface area contributed by atoms with Gasteiger partial charge in [-0.05, 0) is 66.9 Å². The van der Waals surface area contributed by atoms with E-state index in [1.54, 1.807) is 0 Å². The van der Waals surface area contributed by atoms with E-state index in [4.69, 9.17) is 9.97 Å². The van der Waals surface area contributed by atoms with Gasteiger partial charge in [0, 0.05) is 26.9 Å². The van der Waals surface area contributed by atoms with Crippen LogP contribution in [0.2, 0.25) is 0 Å². The molecular formula is C36H24N4. The maximum Gasteiger partial charge on any atom is 0.146 e. The van der Waals surface area contributed by atoms with Gasteiger partial charge in [0.2, 0.25) is 0 Å². The molecule has 0 spiro atoms. The highest BCUT2D eigenvalue weighted by Crippen LogP contribution is 2.41. The Balaban J connectivity index is 1.46. The van der Waals surface area contributed by atoms with Crippen LogP contribution in [0.4, 0.5) is 0 Å². The van der Waals surface area contributed by atoms with Gasteiger partial charge in [-0.1, -0.05) is 72.8 Å². The molecule has 0 saturated heterocycles. The van der Waals surface area contributed by atoms with Gasteiger partial charge in [0.05, 0.1) is 33.3 Å². The lowest BCUT2D eigenvalue weighted by atomic mass is 10.00. The highest BCUT2D eigenvalue weighted by Gasteiger charge is 2.20. The highest BCUT2D eigenvalue weighted by atomic mass is 15.1. The summed E-state index contributed by atoms with van der Waals surface area (Å²) in [5, 5.41) is 6.07. The molecule has 0 radical (unpaired) electrons. The third kappa shape index (κ3) is 2.90. The number of para-hydroxylation sites is 4. The lowest BCUT2D eigenvalue weighted by Gasteiger charge is -2.12. The summed E-state index contributed by atoms with van der Waals surface area (Å²) in [5.74, 6) is 0.930. The van der Waals surface area contributed by atoms with Crippen molar-refractivity contribution in [3.63, 3.8) is 0 Å². The number of hydrogen-bond acceptors (Lipinski definition) is 2. The monoisotopic (exact) mass is 512 g/mol. The van der Waals surface area contributed by atoms with Crippen LogP contribution < -0.4 is 0 Å². The minimum absolute atomic E-state index is 0.930. The fourth-order valence-electron chi connectivity index (χ4n) is 6.62. The van der Waals surface area contributed by atoms with Crippen molar-refractivity contribution >= 4 is 65.7 Å². The highest BCUT2D eigenvalue weighted by molar-refractivity contribution is 6.30. The fraction of sp³-hybridized carbons (Fsp3) is 0.0556. The predicted octanol–water partition coefficient (Wildman–Crippen LogP) is 9.02. The van der Waals surface area contributed by atoms with Crippen molar-refractivity contribution in [3.8, 4) is 5.82 Å². The zero-order valence-corrected chi connectivity index (χ0v) is 21.8. The van der Waals surface area contributed by atoms with E-state index >= 15 is 0 Å². The van der Waals surface area contributed by atoms with E-state index in [1.165, 1.54) is 32.6 Å². The molecule has 188 valence electrons. The molecule has 4 heterocycles. The largest absolute Gasteiger partial charge is 0.294 e. The Bertz CT molecular complexity index is 2380. The Morgan fingerprint density at radius 2 is 1.32 bits per heavy atom. The molecule has 4 nitrogen and oxygen atoms in total. The van der Waals surface area contributed by atoms with Gasteiger partial charge < -0.3 is 0 Å². The number of pyridine rings is 2. The molecule has 0 amide bonds. The van der Waals surface area contributed by atoms with Crippen LogP contribution in [0.15, 0.2) is 121 Å². The lowest BCUT2D eigenvalue weighted by Crippen LogP contribution is -2.00. The summed E-state index contributed by atoms with van der Waals surface area (Å²) >= 11 is 0. The smallest absolute Gasteiger partial charge is 0.146 e. The number of nitrogens with zero attached hydrogens (tertiary/aromatic N) is 4. The van der Waals surface area contributed by atoms with Crippen LogP contribution in [-0.4, -0.2) is 18.9 Å². The molecule has 0 aliphatic heterocycles. The molecule has 0 N–H and O–H groups in total. The normalized spacial score (nSPS) is 13.8. The standard InChI is InChI=1S/C36H24N4/c1-2-11-23(12-3-1)27-16-10-20-33(37-27)39-29-17-7-5-14-25(29)35-32(39)22-21-26-34(35)24-13-4-8-18-30(24)40-31-19-9-6-15-28(31)38-36(26)40/h2,4-22H,1,3H2. The Morgan fingerprint density at radius 1 is 0.550 bits per heavy atom. The Morgan fingerprint density at radius 3 is 2.17 bits per heavy atom. The molecule has 0 bridgehead atoms. The number of fused-ring (bicyclic) bond motifs is 12. The van der Waals surface area contributed by atoms with E-state index in [0.29, 0.717) is 0 Å². The molecule has 0 unspecified atom stereocenters. The van der Waals surface area contributed by atoms with Gasteiger partial charge in [0.15, 0.2) is 0 Å². The van der Waals surface area contributed by atoms with E-state index in [-0.39, 0.29) is 0 Å². The zero-order chi connectivity index (χ0) is 26.2. The number of hydrogen-bond donors (Lipinski definition) is 0. The topological polar surface area (TPSA) is 35.1 Å². The number of allylic oxidation sites excluding steroid dienone is 4. The minimum atomic E-state index is 0.930. The Hall–Kier alpha value is -5.22. The lowest BCUT2D eigenvalue weighted by molar-refractivity contribution is 1.03. The quantitative estimate of drug-likeness (QED) is 0.217. The van der Waals surface area contributed by atoms with Crippen molar-refractivity contribution < 1.29 is 0 Å². The van der Waals surface area contributed by atoms with Crippen LogP contribution in [0.25, 0.3) is 71.6 Å². The van der Waals surface area contributed by atoms with Crippen molar-refractivity contribution in [1.29, 1.82) is 0 Å². The summed E-state index contributed by atoms with van der Waals surface area (Å²) < 4.78 is 4.64. The van der Waals surface area contributed by atoms with Crippen molar-refractivity contribution in [2.75, 3.05) is 0 Å². The zero-order valence-electron chi connectivity index (χ0n) is 21.8. The number of rotatable bonds is 2. The molecule has 4 aromatic heterocycles. The summed E-state index contributed by atoms with van der Waals surface area (Å²) in [6.45, 7) is 0. The van der Waals surface area contributed by atoms with Crippen molar-refractivity contribution in [2.24, 2.45) is 0 Å². The van der Waals surface area contributed by atoms with E-state index in [9.17, 15) is 0 Å². The molecule has 4 heteroatoms. The number of imidazole rings is 1. The first-order valence-electron chi connectivity index (χ1n) is 13.8. The van der Waals surface area contributed by atoms with Crippen LogP contribution in [0.1, 0.15) is 18.5 Å². The molecule has 8 aromatic rings. The van der Waals surface area contributed by atoms with Crippen LogP contribution in [-0.2, 0) is 0 Å². The average molecular weight is 513 g/mol. The van der Waals surface area contributed by atoms with Gasteiger partial charge in [0.25, 0.3) is 0 Å². The van der Waals surface area contributed by atoms with Crippen LogP contribution >= 0.6 is 0 Å². The van der Waals surface area contributed by atoms with Crippen molar-refractivity contribution in [3.05, 3.63) is 127 Å². The summed E-state index contributed by atoms with van der Waals surface area (Å²) in [6.07, 6.45) is 8.87. The minimum Gasteiger partial charge on any atom is -0.294 e. The predicted molar refractivity (Wildman–Crippen MR) is 166 cm³/mol. The summed E-state index contributed by atoms with van der Waals surface area (Å²) in [6, 6.07) is 36.7. The van der Waals surface area contributed by atoms with Gasteiger partial charge >= 0.3 is 0 Å². The molecule has 4 aromatic carbocycles. The summed E-state index contributed by atoms with van der Waals surface area (Å²) in [7, 11) is 0. The average Bonchev–Trinajstić information content (AvgIpc) is 3.58. The van der Waals surface area contributed by atoms with E-state index < -0.39 is 0 Å². The maximum absolute atomic E-state index is 5.19. The second-order valence-corrected chi connectivity index (χ2v) is 10.5. The Labute approximate surface area is 230 Å². The van der Waals surface area contributed by atoms with Gasteiger partial charge in [-0.15, -0.1) is 0 Å². The van der Waals surface area contributed by atoms with Crippen LogP contribution in [0, 0.1) is 0 Å². The molecule has 0 fully saturated rings. The number of benzene rings is 4. The van der Waals surface area contributed by atoms with Crippen molar-refractivity contribution in [2.45, 2.75) is 12.8 Å². The molecule has 0 saturated carbocycles. The molecule has 0 atom stereocenters. The third-order valence-electron chi connectivity index (χ3n) is 8.31. The fourth-order valence-corrected chi connectivity index (χ4v) is 6.62. The van der Waals surface area contributed by atoms with Gasteiger partial charge in [0.1, 0.15) is 11.5 Å². The van der Waals surface area contributed by atoms with E-state index in [1.807, 2.05) is 0 Å². The third-order valence-corrected chi connectivity index (χ3v) is 8.31.